The van der Waals surface area contributed by atoms with Crippen LogP contribution in [0.5, 0.6) is 11.6 Å². The van der Waals surface area contributed by atoms with Crippen LogP contribution in [0, 0.1) is 0 Å². The molecule has 1 atom stereocenters. The van der Waals surface area contributed by atoms with E-state index in [1.807, 2.05) is 12.1 Å². The smallest absolute Gasteiger partial charge is 0.335 e. The molecule has 0 saturated carbocycles. The lowest BCUT2D eigenvalue weighted by molar-refractivity contribution is -0.163. The van der Waals surface area contributed by atoms with Crippen LogP contribution in [0.2, 0.25) is 5.02 Å². The van der Waals surface area contributed by atoms with Gasteiger partial charge < -0.3 is 18.7 Å². The minimum Gasteiger partial charge on any atom is -0.436 e. The maximum atomic E-state index is 13.5. The molecule has 12 heteroatoms. The third kappa shape index (κ3) is 6.49. The summed E-state index contributed by atoms with van der Waals surface area (Å²) in [6.07, 6.45) is 3.92. The first-order chi connectivity index (χ1) is 18.5. The number of H-pyrrole nitrogens is 1. The van der Waals surface area contributed by atoms with Gasteiger partial charge in [-0.3, -0.25) is 9.55 Å². The van der Waals surface area contributed by atoms with Crippen LogP contribution in [0.15, 0.2) is 80.0 Å². The van der Waals surface area contributed by atoms with Gasteiger partial charge in [0.05, 0.1) is 25.4 Å². The molecule has 4 aromatic rings. The molecule has 1 aliphatic heterocycles. The summed E-state index contributed by atoms with van der Waals surface area (Å²) >= 11 is 6.03. The molecule has 0 bridgehead atoms. The van der Waals surface area contributed by atoms with E-state index in [2.05, 4.69) is 15.1 Å². The lowest BCUT2D eigenvalue weighted by Gasteiger charge is -2.22. The monoisotopic (exact) mass is 539 g/mol. The van der Waals surface area contributed by atoms with Crippen molar-refractivity contribution in [3.63, 3.8) is 0 Å². The molecule has 38 heavy (non-hydrogen) atoms. The molecule has 1 aliphatic rings. The van der Waals surface area contributed by atoms with Crippen LogP contribution in [0.1, 0.15) is 24.8 Å². The Labute approximate surface area is 221 Å². The zero-order valence-electron chi connectivity index (χ0n) is 20.4. The van der Waals surface area contributed by atoms with E-state index >= 15 is 0 Å². The van der Waals surface area contributed by atoms with Crippen LogP contribution in [0.3, 0.4) is 0 Å². The summed E-state index contributed by atoms with van der Waals surface area (Å²) in [6, 6.07) is 15.5. The van der Waals surface area contributed by atoms with E-state index in [1.165, 1.54) is 10.8 Å². The number of hydrogen-bond acceptors (Lipinski definition) is 8. The molecule has 198 valence electrons. The Bertz CT molecular complexity index is 1520. The van der Waals surface area contributed by atoms with Crippen molar-refractivity contribution < 1.29 is 18.7 Å². The fourth-order valence-electron chi connectivity index (χ4n) is 3.96. The molecule has 2 aromatic carbocycles. The highest BCUT2D eigenvalue weighted by molar-refractivity contribution is 6.30. The second-order valence-corrected chi connectivity index (χ2v) is 9.05. The van der Waals surface area contributed by atoms with Crippen molar-refractivity contribution in [1.82, 2.24) is 19.3 Å². The Morgan fingerprint density at radius 1 is 1.05 bits per heavy atom. The molecular formula is C26H26ClN5O6. The largest absolute Gasteiger partial charge is 0.436 e. The van der Waals surface area contributed by atoms with Gasteiger partial charge in [0.25, 0.3) is 5.88 Å². The molecule has 1 unspecified atom stereocenters. The average Bonchev–Trinajstić information content (AvgIpc) is 3.44. The van der Waals surface area contributed by atoms with Crippen LogP contribution < -0.4 is 21.7 Å². The van der Waals surface area contributed by atoms with Gasteiger partial charge in [-0.05, 0) is 66.4 Å². The topological polar surface area (TPSA) is 126 Å². The average molecular weight is 540 g/mol. The Balaban J connectivity index is 1.44. The Kier molecular flexibility index (Phi) is 8.17. The summed E-state index contributed by atoms with van der Waals surface area (Å²) < 4.78 is 24.2. The summed E-state index contributed by atoms with van der Waals surface area (Å²) in [7, 11) is 0. The summed E-state index contributed by atoms with van der Waals surface area (Å²) in [4.78, 5) is 33.7. The number of nitrogens with zero attached hydrogens (tertiary/aromatic N) is 4. The van der Waals surface area contributed by atoms with Gasteiger partial charge in [0.15, 0.2) is 6.29 Å². The number of nitrogens with one attached hydrogen (secondary N) is 1. The molecule has 1 saturated heterocycles. The number of rotatable bonds is 9. The Morgan fingerprint density at radius 2 is 1.87 bits per heavy atom. The summed E-state index contributed by atoms with van der Waals surface area (Å²) in [5.41, 5.74) is 0.331. The number of ether oxygens (including phenoxy) is 3. The van der Waals surface area contributed by atoms with Crippen LogP contribution >= 0.6 is 11.6 Å². The van der Waals surface area contributed by atoms with Gasteiger partial charge in [0.1, 0.15) is 12.0 Å². The molecule has 0 aliphatic carbocycles. The van der Waals surface area contributed by atoms with Gasteiger partial charge in [-0.2, -0.15) is 0 Å². The maximum Gasteiger partial charge on any atom is 0.335 e. The van der Waals surface area contributed by atoms with E-state index in [9.17, 15) is 9.59 Å². The molecule has 11 nitrogen and oxygen atoms in total. The molecule has 5 rings (SSSR count). The zero-order chi connectivity index (χ0) is 26.3. The molecule has 0 radical (unpaired) electrons. The second kappa shape index (κ2) is 12.1. The highest BCUT2D eigenvalue weighted by atomic mass is 35.5. The normalized spacial score (nSPS) is 16.0. The summed E-state index contributed by atoms with van der Waals surface area (Å²) in [5, 5.41) is 4.29. The zero-order valence-corrected chi connectivity index (χ0v) is 21.2. The SMILES string of the molecule is O=c1[nH]/c(=N\c2ccc(Oc3ccon3)cc2)n(Cc2ccc(Cl)cc2)c(=O)n1CCOC1CCCCO1. The summed E-state index contributed by atoms with van der Waals surface area (Å²) in [5.74, 6) is 0.847. The highest BCUT2D eigenvalue weighted by Gasteiger charge is 2.15. The van der Waals surface area contributed by atoms with Crippen molar-refractivity contribution in [3.8, 4) is 11.6 Å². The van der Waals surface area contributed by atoms with Gasteiger partial charge in [0, 0.05) is 17.7 Å². The second-order valence-electron chi connectivity index (χ2n) is 8.61. The van der Waals surface area contributed by atoms with E-state index in [-0.39, 0.29) is 31.6 Å². The third-order valence-electron chi connectivity index (χ3n) is 5.90. The number of halogens is 1. The molecule has 0 spiro atoms. The van der Waals surface area contributed by atoms with E-state index in [0.29, 0.717) is 28.9 Å². The standard InChI is InChI=1S/C26H26ClN5O6/c27-19-6-4-18(5-7-19)17-32-24(28-20-8-10-21(11-9-20)38-22-12-15-37-30-22)29-25(33)31(26(32)34)13-16-36-23-3-1-2-14-35-23/h4-12,15,23H,1-3,13-14,16-17H2,(H,28,29,33). The van der Waals surface area contributed by atoms with Crippen molar-refractivity contribution in [2.24, 2.45) is 4.99 Å². The van der Waals surface area contributed by atoms with Crippen molar-refractivity contribution in [1.29, 1.82) is 0 Å². The molecule has 1 N–H and O–H groups in total. The van der Waals surface area contributed by atoms with Gasteiger partial charge in [0.2, 0.25) is 5.62 Å². The van der Waals surface area contributed by atoms with E-state index in [1.54, 1.807) is 42.5 Å². The minimum absolute atomic E-state index is 0.0724. The van der Waals surface area contributed by atoms with Crippen LogP contribution in [0.25, 0.3) is 0 Å². The predicted octanol–water partition coefficient (Wildman–Crippen LogP) is 3.60. The van der Waals surface area contributed by atoms with Crippen molar-refractivity contribution in [2.45, 2.75) is 38.6 Å². The number of benzene rings is 2. The van der Waals surface area contributed by atoms with Crippen molar-refractivity contribution >= 4 is 17.3 Å². The van der Waals surface area contributed by atoms with Crippen LogP contribution in [-0.2, 0) is 22.6 Å². The first-order valence-electron chi connectivity index (χ1n) is 12.2. The van der Waals surface area contributed by atoms with Gasteiger partial charge >= 0.3 is 11.4 Å². The van der Waals surface area contributed by atoms with E-state index in [4.69, 9.17) is 30.3 Å². The Morgan fingerprint density at radius 3 is 2.58 bits per heavy atom. The van der Waals surface area contributed by atoms with E-state index < -0.39 is 11.4 Å². The number of aromatic amines is 1. The molecular weight excluding hydrogens is 514 g/mol. The van der Waals surface area contributed by atoms with Gasteiger partial charge in [-0.1, -0.05) is 23.7 Å². The summed E-state index contributed by atoms with van der Waals surface area (Å²) in [6.45, 7) is 1.06. The number of hydrogen-bond donors (Lipinski definition) is 1. The molecule has 3 heterocycles. The highest BCUT2D eigenvalue weighted by Crippen LogP contribution is 2.22. The third-order valence-corrected chi connectivity index (χ3v) is 6.15. The first-order valence-corrected chi connectivity index (χ1v) is 12.6. The maximum absolute atomic E-state index is 13.5. The molecule has 1 fully saturated rings. The lowest BCUT2D eigenvalue weighted by Crippen LogP contribution is -2.50. The van der Waals surface area contributed by atoms with E-state index in [0.717, 1.165) is 29.4 Å². The fourth-order valence-corrected chi connectivity index (χ4v) is 4.08. The quantitative estimate of drug-likeness (QED) is 0.344. The van der Waals surface area contributed by atoms with Crippen molar-refractivity contribution in [3.05, 3.63) is 98.0 Å². The fraction of sp³-hybridized carbons (Fsp3) is 0.308. The van der Waals surface area contributed by atoms with Crippen LogP contribution in [0.4, 0.5) is 5.69 Å². The molecule has 2 aromatic heterocycles. The van der Waals surface area contributed by atoms with Gasteiger partial charge in [-0.25, -0.2) is 19.1 Å². The Hall–Kier alpha value is -3.93. The predicted molar refractivity (Wildman–Crippen MR) is 138 cm³/mol. The first kappa shape index (κ1) is 25.7. The number of aromatic nitrogens is 4. The van der Waals surface area contributed by atoms with Crippen LogP contribution in [-0.4, -0.2) is 38.8 Å². The molecule has 0 amide bonds. The van der Waals surface area contributed by atoms with Crippen molar-refractivity contribution in [2.75, 3.05) is 13.2 Å². The van der Waals surface area contributed by atoms with Gasteiger partial charge in [-0.15, -0.1) is 0 Å². The minimum atomic E-state index is -0.583. The lowest BCUT2D eigenvalue weighted by atomic mass is 10.2.